The summed E-state index contributed by atoms with van der Waals surface area (Å²) < 4.78 is 0. The van der Waals surface area contributed by atoms with Gasteiger partial charge in [0.1, 0.15) is 0 Å². The van der Waals surface area contributed by atoms with Crippen molar-refractivity contribution >= 4 is 11.8 Å². The van der Waals surface area contributed by atoms with Crippen molar-refractivity contribution in [2.45, 2.75) is 44.7 Å². The van der Waals surface area contributed by atoms with Crippen molar-refractivity contribution in [1.29, 1.82) is 0 Å². The van der Waals surface area contributed by atoms with Gasteiger partial charge in [-0.3, -0.25) is 4.90 Å². The van der Waals surface area contributed by atoms with Crippen LogP contribution in [-0.2, 0) is 0 Å². The van der Waals surface area contributed by atoms with Crippen LogP contribution in [0, 0.1) is 0 Å². The fourth-order valence-corrected chi connectivity index (χ4v) is 3.83. The molecular formula is C12H24N2S. The van der Waals surface area contributed by atoms with E-state index in [9.17, 15) is 0 Å². The lowest BCUT2D eigenvalue weighted by Gasteiger charge is -2.30. The molecule has 2 unspecified atom stereocenters. The molecule has 3 heteroatoms. The lowest BCUT2D eigenvalue weighted by Crippen LogP contribution is -2.40. The normalized spacial score (nSPS) is 33.4. The van der Waals surface area contributed by atoms with Gasteiger partial charge in [0, 0.05) is 30.9 Å². The molecule has 2 atom stereocenters. The molecule has 0 spiro atoms. The van der Waals surface area contributed by atoms with Crippen LogP contribution in [0.3, 0.4) is 0 Å². The van der Waals surface area contributed by atoms with Crippen LogP contribution >= 0.6 is 11.8 Å². The SMILES string of the molecule is CCCNC1CCN(C2CCCSC2)C1. The van der Waals surface area contributed by atoms with Gasteiger partial charge >= 0.3 is 0 Å². The van der Waals surface area contributed by atoms with Gasteiger partial charge in [0.05, 0.1) is 0 Å². The van der Waals surface area contributed by atoms with Crippen molar-refractivity contribution in [2.75, 3.05) is 31.1 Å². The first-order valence-corrected chi connectivity index (χ1v) is 7.61. The molecule has 2 heterocycles. The molecule has 0 saturated carbocycles. The van der Waals surface area contributed by atoms with Gasteiger partial charge in [-0.15, -0.1) is 0 Å². The van der Waals surface area contributed by atoms with Gasteiger partial charge < -0.3 is 5.32 Å². The van der Waals surface area contributed by atoms with Gasteiger partial charge in [-0.25, -0.2) is 0 Å². The summed E-state index contributed by atoms with van der Waals surface area (Å²) in [4.78, 5) is 2.72. The maximum atomic E-state index is 3.65. The summed E-state index contributed by atoms with van der Waals surface area (Å²) in [6.45, 7) is 6.06. The minimum atomic E-state index is 0.775. The molecule has 2 fully saturated rings. The van der Waals surface area contributed by atoms with Crippen LogP contribution in [0.1, 0.15) is 32.6 Å². The summed E-state index contributed by atoms with van der Waals surface area (Å²) in [7, 11) is 0. The Morgan fingerprint density at radius 2 is 2.33 bits per heavy atom. The molecule has 2 rings (SSSR count). The van der Waals surface area contributed by atoms with E-state index in [1.54, 1.807) is 0 Å². The Bertz CT molecular complexity index is 180. The van der Waals surface area contributed by atoms with Crippen LogP contribution in [0.2, 0.25) is 0 Å². The van der Waals surface area contributed by atoms with Crippen molar-refractivity contribution in [3.05, 3.63) is 0 Å². The Morgan fingerprint density at radius 3 is 3.07 bits per heavy atom. The predicted octanol–water partition coefficient (Wildman–Crippen LogP) is 1.96. The molecule has 2 nitrogen and oxygen atoms in total. The van der Waals surface area contributed by atoms with E-state index in [0.717, 1.165) is 12.1 Å². The number of thioether (sulfide) groups is 1. The summed E-state index contributed by atoms with van der Waals surface area (Å²) >= 11 is 2.15. The second-order valence-electron chi connectivity index (χ2n) is 4.81. The van der Waals surface area contributed by atoms with Crippen LogP contribution in [0.4, 0.5) is 0 Å². The minimum Gasteiger partial charge on any atom is -0.313 e. The maximum Gasteiger partial charge on any atom is 0.0207 e. The average Bonchev–Trinajstić information content (AvgIpc) is 2.76. The van der Waals surface area contributed by atoms with Crippen molar-refractivity contribution in [2.24, 2.45) is 0 Å². The zero-order valence-electron chi connectivity index (χ0n) is 9.87. The second-order valence-corrected chi connectivity index (χ2v) is 5.96. The topological polar surface area (TPSA) is 15.3 Å². The monoisotopic (exact) mass is 228 g/mol. The van der Waals surface area contributed by atoms with E-state index in [1.807, 2.05) is 0 Å². The molecule has 0 amide bonds. The Kier molecular flexibility index (Phi) is 4.79. The van der Waals surface area contributed by atoms with Gasteiger partial charge in [-0.1, -0.05) is 6.92 Å². The highest BCUT2D eigenvalue weighted by molar-refractivity contribution is 7.99. The molecule has 2 aliphatic rings. The highest BCUT2D eigenvalue weighted by Gasteiger charge is 2.28. The lowest BCUT2D eigenvalue weighted by molar-refractivity contribution is 0.241. The molecule has 0 radical (unpaired) electrons. The quantitative estimate of drug-likeness (QED) is 0.792. The third-order valence-corrected chi connectivity index (χ3v) is 4.75. The molecular weight excluding hydrogens is 204 g/mol. The van der Waals surface area contributed by atoms with Crippen molar-refractivity contribution in [1.82, 2.24) is 10.2 Å². The number of nitrogens with one attached hydrogen (secondary N) is 1. The number of hydrogen-bond acceptors (Lipinski definition) is 3. The molecule has 1 N–H and O–H groups in total. The fraction of sp³-hybridized carbons (Fsp3) is 1.00. The number of hydrogen-bond donors (Lipinski definition) is 1. The summed E-state index contributed by atoms with van der Waals surface area (Å²) in [5.41, 5.74) is 0. The van der Waals surface area contributed by atoms with Crippen LogP contribution < -0.4 is 5.32 Å². The number of nitrogens with zero attached hydrogens (tertiary/aromatic N) is 1. The molecule has 88 valence electrons. The smallest absolute Gasteiger partial charge is 0.0207 e. The zero-order valence-corrected chi connectivity index (χ0v) is 10.7. The lowest BCUT2D eigenvalue weighted by atomic mass is 10.1. The second kappa shape index (κ2) is 6.12. The van der Waals surface area contributed by atoms with Gasteiger partial charge in [0.15, 0.2) is 0 Å². The fourth-order valence-electron chi connectivity index (χ4n) is 2.65. The Labute approximate surface area is 98.2 Å². The first-order chi connectivity index (χ1) is 7.40. The van der Waals surface area contributed by atoms with Gasteiger partial charge in [0.2, 0.25) is 0 Å². The van der Waals surface area contributed by atoms with Gasteiger partial charge in [-0.05, 0) is 38.0 Å². The third kappa shape index (κ3) is 3.36. The predicted molar refractivity (Wildman–Crippen MR) is 68.6 cm³/mol. The van der Waals surface area contributed by atoms with E-state index < -0.39 is 0 Å². The maximum absolute atomic E-state index is 3.65. The minimum absolute atomic E-state index is 0.775. The van der Waals surface area contributed by atoms with Gasteiger partial charge in [0.25, 0.3) is 0 Å². The average molecular weight is 228 g/mol. The van der Waals surface area contributed by atoms with Crippen LogP contribution in [0.15, 0.2) is 0 Å². The Morgan fingerprint density at radius 1 is 1.40 bits per heavy atom. The number of rotatable bonds is 4. The molecule has 2 aliphatic heterocycles. The van der Waals surface area contributed by atoms with Crippen molar-refractivity contribution < 1.29 is 0 Å². The van der Waals surface area contributed by atoms with Crippen molar-refractivity contribution in [3.8, 4) is 0 Å². The zero-order chi connectivity index (χ0) is 10.5. The van der Waals surface area contributed by atoms with Crippen LogP contribution in [0.25, 0.3) is 0 Å². The van der Waals surface area contributed by atoms with Crippen LogP contribution in [0.5, 0.6) is 0 Å². The first kappa shape index (κ1) is 11.7. The summed E-state index contributed by atoms with van der Waals surface area (Å²) in [6, 6.07) is 1.66. The first-order valence-electron chi connectivity index (χ1n) is 6.45. The van der Waals surface area contributed by atoms with Gasteiger partial charge in [-0.2, -0.15) is 11.8 Å². The highest BCUT2D eigenvalue weighted by atomic mass is 32.2. The van der Waals surface area contributed by atoms with E-state index in [4.69, 9.17) is 0 Å². The molecule has 0 aliphatic carbocycles. The summed E-state index contributed by atoms with van der Waals surface area (Å²) in [5.74, 6) is 2.77. The third-order valence-electron chi connectivity index (χ3n) is 3.56. The Hall–Kier alpha value is 0.270. The summed E-state index contributed by atoms with van der Waals surface area (Å²) in [5, 5.41) is 3.65. The number of likely N-dealkylation sites (tertiary alicyclic amines) is 1. The van der Waals surface area contributed by atoms with E-state index in [1.165, 1.54) is 56.8 Å². The van der Waals surface area contributed by atoms with E-state index >= 15 is 0 Å². The van der Waals surface area contributed by atoms with E-state index in [2.05, 4.69) is 28.9 Å². The molecule has 15 heavy (non-hydrogen) atoms. The Balaban J connectivity index is 1.71. The molecule has 0 aromatic heterocycles. The van der Waals surface area contributed by atoms with Crippen molar-refractivity contribution in [3.63, 3.8) is 0 Å². The molecule has 2 saturated heterocycles. The molecule has 0 aromatic carbocycles. The largest absolute Gasteiger partial charge is 0.313 e. The summed E-state index contributed by atoms with van der Waals surface area (Å²) in [6.07, 6.45) is 5.49. The standard InChI is InChI=1S/C12H24N2S/c1-2-6-13-11-5-7-14(9-11)12-4-3-8-15-10-12/h11-13H,2-10H2,1H3. The van der Waals surface area contributed by atoms with Crippen LogP contribution in [-0.4, -0.2) is 48.1 Å². The molecule has 0 aromatic rings. The highest BCUT2D eigenvalue weighted by Crippen LogP contribution is 2.24. The van der Waals surface area contributed by atoms with E-state index in [0.29, 0.717) is 0 Å². The van der Waals surface area contributed by atoms with E-state index in [-0.39, 0.29) is 0 Å². The molecule has 0 bridgehead atoms.